The number of hydrogen-bond acceptors (Lipinski definition) is 3. The first kappa shape index (κ1) is 7.49. The van der Waals surface area contributed by atoms with E-state index in [9.17, 15) is 10.1 Å². The summed E-state index contributed by atoms with van der Waals surface area (Å²) in [5.74, 6) is 5.07. The minimum atomic E-state index is -0.685. The van der Waals surface area contributed by atoms with E-state index in [1.54, 1.807) is 30.3 Å². The third kappa shape index (κ3) is 1.65. The van der Waals surface area contributed by atoms with Gasteiger partial charge in [-0.2, -0.15) is 5.84 Å². The standard InChI is InChI=1S/C6H7N3O2/c7-8(9(10)11)6-4-2-1-3-5-6/h1-5H,7H2. The van der Waals surface area contributed by atoms with Crippen molar-refractivity contribution >= 4 is 5.69 Å². The van der Waals surface area contributed by atoms with Crippen LogP contribution in [0.25, 0.3) is 0 Å². The summed E-state index contributed by atoms with van der Waals surface area (Å²) in [5, 5.41) is 9.89. The SMILES string of the molecule is NN(c1ccccc1)[N+](=O)[O-]. The Morgan fingerprint density at radius 2 is 1.91 bits per heavy atom. The Morgan fingerprint density at radius 3 is 2.36 bits per heavy atom. The number of nitrogens with two attached hydrogens (primary N) is 1. The molecule has 0 saturated carbocycles. The van der Waals surface area contributed by atoms with Crippen LogP contribution < -0.4 is 11.0 Å². The van der Waals surface area contributed by atoms with E-state index in [1.165, 1.54) is 0 Å². The average molecular weight is 153 g/mol. The van der Waals surface area contributed by atoms with Crippen molar-refractivity contribution in [1.82, 2.24) is 0 Å². The molecule has 5 nitrogen and oxygen atoms in total. The van der Waals surface area contributed by atoms with E-state index in [-0.39, 0.29) is 0 Å². The van der Waals surface area contributed by atoms with E-state index in [2.05, 4.69) is 0 Å². The fourth-order valence-corrected chi connectivity index (χ4v) is 0.675. The van der Waals surface area contributed by atoms with Crippen LogP contribution in [0.15, 0.2) is 30.3 Å². The van der Waals surface area contributed by atoms with Gasteiger partial charge in [0.25, 0.3) is 0 Å². The monoisotopic (exact) mass is 153 g/mol. The zero-order valence-electron chi connectivity index (χ0n) is 5.68. The quantitative estimate of drug-likeness (QED) is 0.382. The third-order valence-corrected chi connectivity index (χ3v) is 1.20. The van der Waals surface area contributed by atoms with Gasteiger partial charge in [0.05, 0.1) is 0 Å². The van der Waals surface area contributed by atoms with E-state index in [1.807, 2.05) is 0 Å². The molecular formula is C6H7N3O2. The van der Waals surface area contributed by atoms with Gasteiger partial charge < -0.3 is 0 Å². The maximum Gasteiger partial charge on any atom is 0.181 e. The molecule has 0 atom stereocenters. The Kier molecular flexibility index (Phi) is 2.03. The first-order valence-corrected chi connectivity index (χ1v) is 2.96. The lowest BCUT2D eigenvalue weighted by atomic mass is 10.3. The molecule has 11 heavy (non-hydrogen) atoms. The van der Waals surface area contributed by atoms with Gasteiger partial charge in [0.15, 0.2) is 5.03 Å². The summed E-state index contributed by atoms with van der Waals surface area (Å²) in [6.07, 6.45) is 0. The van der Waals surface area contributed by atoms with Crippen LogP contribution in [-0.2, 0) is 0 Å². The summed E-state index contributed by atoms with van der Waals surface area (Å²) in [6.45, 7) is 0. The number of rotatable bonds is 2. The van der Waals surface area contributed by atoms with Gasteiger partial charge in [0.1, 0.15) is 5.69 Å². The molecule has 0 heterocycles. The van der Waals surface area contributed by atoms with Gasteiger partial charge in [-0.05, 0) is 17.3 Å². The molecule has 0 aliphatic rings. The predicted molar refractivity (Wildman–Crippen MR) is 40.1 cm³/mol. The van der Waals surface area contributed by atoms with Gasteiger partial charge in [-0.3, -0.25) is 0 Å². The van der Waals surface area contributed by atoms with Gasteiger partial charge in [0, 0.05) is 0 Å². The fraction of sp³-hybridized carbons (Fsp3) is 0. The number of benzene rings is 1. The molecule has 0 bridgehead atoms. The maximum atomic E-state index is 10.1. The highest BCUT2D eigenvalue weighted by Crippen LogP contribution is 2.07. The maximum absolute atomic E-state index is 10.1. The van der Waals surface area contributed by atoms with E-state index < -0.39 is 5.03 Å². The van der Waals surface area contributed by atoms with Gasteiger partial charge in [-0.1, -0.05) is 18.2 Å². The summed E-state index contributed by atoms with van der Waals surface area (Å²) < 4.78 is 0. The Labute approximate surface area is 63.1 Å². The summed E-state index contributed by atoms with van der Waals surface area (Å²) in [5.41, 5.74) is 0.359. The zero-order valence-corrected chi connectivity index (χ0v) is 5.68. The second-order valence-electron chi connectivity index (χ2n) is 1.92. The van der Waals surface area contributed by atoms with Crippen LogP contribution in [0.4, 0.5) is 5.69 Å². The second-order valence-corrected chi connectivity index (χ2v) is 1.92. The van der Waals surface area contributed by atoms with Crippen LogP contribution in [-0.4, -0.2) is 5.03 Å². The highest BCUT2D eigenvalue weighted by Gasteiger charge is 2.09. The van der Waals surface area contributed by atoms with E-state index in [0.29, 0.717) is 10.8 Å². The summed E-state index contributed by atoms with van der Waals surface area (Å²) in [4.78, 5) is 10.1. The van der Waals surface area contributed by atoms with Crippen LogP contribution in [0.1, 0.15) is 0 Å². The number of hydrogen-bond donors (Lipinski definition) is 1. The van der Waals surface area contributed by atoms with Crippen molar-refractivity contribution in [3.8, 4) is 0 Å². The number of para-hydroxylation sites is 1. The molecule has 58 valence electrons. The molecule has 0 amide bonds. The molecule has 1 rings (SSSR count). The Balaban J connectivity index is 2.85. The second kappa shape index (κ2) is 2.98. The predicted octanol–water partition coefficient (Wildman–Crippen LogP) is 0.558. The first-order valence-electron chi connectivity index (χ1n) is 2.96. The molecule has 0 radical (unpaired) electrons. The summed E-state index contributed by atoms with van der Waals surface area (Å²) in [6, 6.07) is 8.24. The van der Waals surface area contributed by atoms with E-state index in [4.69, 9.17) is 5.84 Å². The molecule has 0 fully saturated rings. The van der Waals surface area contributed by atoms with Gasteiger partial charge >= 0.3 is 0 Å². The number of anilines is 1. The van der Waals surface area contributed by atoms with Crippen LogP contribution >= 0.6 is 0 Å². The highest BCUT2D eigenvalue weighted by molar-refractivity contribution is 5.41. The van der Waals surface area contributed by atoms with Crippen LogP contribution in [0.3, 0.4) is 0 Å². The molecule has 0 spiro atoms. The molecule has 0 aliphatic carbocycles. The molecular weight excluding hydrogens is 146 g/mol. The van der Waals surface area contributed by atoms with Gasteiger partial charge in [-0.25, -0.2) is 10.1 Å². The normalized spacial score (nSPS) is 9.18. The average Bonchev–Trinajstić information content (AvgIpc) is 2.05. The number of hydrazine groups is 2. The van der Waals surface area contributed by atoms with Crippen molar-refractivity contribution in [1.29, 1.82) is 0 Å². The van der Waals surface area contributed by atoms with Crippen molar-refractivity contribution in [2.45, 2.75) is 0 Å². The highest BCUT2D eigenvalue weighted by atomic mass is 16.7. The fourth-order valence-electron chi connectivity index (χ4n) is 0.675. The smallest absolute Gasteiger partial charge is 0.181 e. The minimum Gasteiger partial charge on any atom is -0.233 e. The molecule has 0 aliphatic heterocycles. The van der Waals surface area contributed by atoms with Crippen molar-refractivity contribution in [2.75, 3.05) is 5.12 Å². The lowest BCUT2D eigenvalue weighted by molar-refractivity contribution is -0.496. The first-order chi connectivity index (χ1) is 5.22. The summed E-state index contributed by atoms with van der Waals surface area (Å²) in [7, 11) is 0. The largest absolute Gasteiger partial charge is 0.233 e. The van der Waals surface area contributed by atoms with E-state index in [0.717, 1.165) is 0 Å². The lowest BCUT2D eigenvalue weighted by Gasteiger charge is -2.05. The Morgan fingerprint density at radius 1 is 1.36 bits per heavy atom. The molecule has 0 unspecified atom stereocenters. The Hall–Kier alpha value is -1.62. The van der Waals surface area contributed by atoms with Crippen molar-refractivity contribution in [2.24, 2.45) is 5.84 Å². The number of nitrogens with zero attached hydrogens (tertiary/aromatic N) is 2. The summed E-state index contributed by atoms with van der Waals surface area (Å²) >= 11 is 0. The van der Waals surface area contributed by atoms with Crippen LogP contribution in [0.5, 0.6) is 0 Å². The molecule has 5 heteroatoms. The topological polar surface area (TPSA) is 72.4 Å². The minimum absolute atomic E-state index is 0.359. The van der Waals surface area contributed by atoms with Gasteiger partial charge in [-0.15, -0.1) is 0 Å². The lowest BCUT2D eigenvalue weighted by Crippen LogP contribution is -2.36. The van der Waals surface area contributed by atoms with E-state index >= 15 is 0 Å². The van der Waals surface area contributed by atoms with Crippen molar-refractivity contribution in [3.05, 3.63) is 40.4 Å². The third-order valence-electron chi connectivity index (χ3n) is 1.20. The molecule has 0 aromatic heterocycles. The molecule has 1 aromatic rings. The van der Waals surface area contributed by atoms with Crippen LogP contribution in [0.2, 0.25) is 0 Å². The Bertz CT molecular complexity index is 249. The van der Waals surface area contributed by atoms with Crippen molar-refractivity contribution < 1.29 is 5.03 Å². The molecule has 2 N–H and O–H groups in total. The van der Waals surface area contributed by atoms with Crippen molar-refractivity contribution in [3.63, 3.8) is 0 Å². The molecule has 0 saturated heterocycles. The number of nitro groups is 1. The molecule has 1 aromatic carbocycles. The zero-order chi connectivity index (χ0) is 8.27. The van der Waals surface area contributed by atoms with Gasteiger partial charge in [0.2, 0.25) is 0 Å². The van der Waals surface area contributed by atoms with Crippen LogP contribution in [0, 0.1) is 10.1 Å².